The first-order chi connectivity index (χ1) is 13.0. The fourth-order valence-corrected chi connectivity index (χ4v) is 3.53. The number of hydrogen-bond donors (Lipinski definition) is 2. The number of carbonyl (C=O) groups excluding carboxylic acids is 2. The molecular formula is C20H25ClN4O2. The zero-order chi connectivity index (χ0) is 19.4. The molecule has 1 aliphatic rings. The Morgan fingerprint density at radius 2 is 2.07 bits per heavy atom. The minimum Gasteiger partial charge on any atom is -0.351 e. The van der Waals surface area contributed by atoms with Crippen molar-refractivity contribution >= 4 is 29.1 Å². The van der Waals surface area contributed by atoms with Gasteiger partial charge in [-0.3, -0.25) is 9.59 Å². The number of nitrogens with one attached hydrogen (secondary N) is 2. The lowest BCUT2D eigenvalue weighted by molar-refractivity contribution is 0.0947. The fourth-order valence-electron chi connectivity index (χ4n) is 3.31. The third-order valence-electron chi connectivity index (χ3n) is 4.79. The summed E-state index contributed by atoms with van der Waals surface area (Å²) in [5, 5.41) is 6.42. The van der Waals surface area contributed by atoms with Gasteiger partial charge in [0.15, 0.2) is 5.82 Å². The predicted molar refractivity (Wildman–Crippen MR) is 107 cm³/mol. The molecule has 2 aromatic rings. The van der Waals surface area contributed by atoms with E-state index in [2.05, 4.69) is 22.5 Å². The molecule has 0 saturated carbocycles. The molecule has 0 spiro atoms. The highest BCUT2D eigenvalue weighted by atomic mass is 35.5. The van der Waals surface area contributed by atoms with Crippen LogP contribution in [0, 0.1) is 6.92 Å². The highest BCUT2D eigenvalue weighted by Crippen LogP contribution is 2.24. The van der Waals surface area contributed by atoms with Crippen molar-refractivity contribution in [2.75, 3.05) is 11.9 Å². The van der Waals surface area contributed by atoms with Crippen molar-refractivity contribution in [3.8, 4) is 0 Å². The molecular weight excluding hydrogens is 364 g/mol. The third kappa shape index (κ3) is 4.33. The van der Waals surface area contributed by atoms with Crippen LogP contribution >= 0.6 is 11.6 Å². The van der Waals surface area contributed by atoms with Crippen molar-refractivity contribution in [2.45, 2.75) is 52.5 Å². The summed E-state index contributed by atoms with van der Waals surface area (Å²) in [5.41, 5.74) is 2.79. The van der Waals surface area contributed by atoms with Gasteiger partial charge in [0.25, 0.3) is 11.8 Å². The molecule has 1 aliphatic heterocycles. The van der Waals surface area contributed by atoms with Gasteiger partial charge in [0.2, 0.25) is 0 Å². The van der Waals surface area contributed by atoms with Crippen LogP contribution in [0.15, 0.2) is 18.2 Å². The van der Waals surface area contributed by atoms with E-state index < -0.39 is 0 Å². The number of aryl methyl sites for hydroxylation is 1. The summed E-state index contributed by atoms with van der Waals surface area (Å²) < 4.78 is 1.89. The number of anilines is 1. The van der Waals surface area contributed by atoms with E-state index in [9.17, 15) is 9.59 Å². The van der Waals surface area contributed by atoms with E-state index in [-0.39, 0.29) is 11.8 Å². The van der Waals surface area contributed by atoms with Crippen LogP contribution < -0.4 is 10.6 Å². The number of fused-ring (bicyclic) bond motifs is 1. The van der Waals surface area contributed by atoms with Gasteiger partial charge in [-0.2, -0.15) is 0 Å². The minimum atomic E-state index is -0.309. The Kier molecular flexibility index (Phi) is 6.16. The Hall–Kier alpha value is -2.34. The summed E-state index contributed by atoms with van der Waals surface area (Å²) in [6, 6.07) is 5.30. The molecule has 0 unspecified atom stereocenters. The smallest absolute Gasteiger partial charge is 0.291 e. The average Bonchev–Trinajstić information content (AvgIpc) is 3.04. The lowest BCUT2D eigenvalue weighted by Crippen LogP contribution is -2.26. The first-order valence-corrected chi connectivity index (χ1v) is 9.84. The highest BCUT2D eigenvalue weighted by Gasteiger charge is 2.27. The SMILES string of the molecule is CCCCNC(=O)c1nc(C(=O)Nc2ccc(Cl)cc2C)n2c1CCCC2. The predicted octanol–water partition coefficient (Wildman–Crippen LogP) is 3.96. The molecule has 27 heavy (non-hydrogen) atoms. The molecule has 7 heteroatoms. The number of benzene rings is 1. The lowest BCUT2D eigenvalue weighted by Gasteiger charge is -2.17. The normalized spacial score (nSPS) is 13.1. The number of aromatic nitrogens is 2. The van der Waals surface area contributed by atoms with Gasteiger partial charge in [-0.05, 0) is 56.4 Å². The third-order valence-corrected chi connectivity index (χ3v) is 5.02. The fraction of sp³-hybridized carbons (Fsp3) is 0.450. The van der Waals surface area contributed by atoms with E-state index in [4.69, 9.17) is 11.6 Å². The van der Waals surface area contributed by atoms with Gasteiger partial charge < -0.3 is 15.2 Å². The topological polar surface area (TPSA) is 76.0 Å². The molecule has 6 nitrogen and oxygen atoms in total. The van der Waals surface area contributed by atoms with Crippen LogP contribution in [0.25, 0.3) is 0 Å². The zero-order valence-corrected chi connectivity index (χ0v) is 16.5. The molecule has 1 aromatic heterocycles. The van der Waals surface area contributed by atoms with Crippen LogP contribution in [-0.2, 0) is 13.0 Å². The van der Waals surface area contributed by atoms with Crippen molar-refractivity contribution in [3.05, 3.63) is 46.0 Å². The summed E-state index contributed by atoms with van der Waals surface area (Å²) in [5.74, 6) is -0.216. The van der Waals surface area contributed by atoms with Gasteiger partial charge in [0, 0.05) is 23.8 Å². The van der Waals surface area contributed by atoms with E-state index in [0.717, 1.165) is 43.4 Å². The molecule has 0 aliphatic carbocycles. The van der Waals surface area contributed by atoms with Gasteiger partial charge >= 0.3 is 0 Å². The number of nitrogens with zero attached hydrogens (tertiary/aromatic N) is 2. The van der Waals surface area contributed by atoms with Crippen molar-refractivity contribution in [2.24, 2.45) is 0 Å². The quantitative estimate of drug-likeness (QED) is 0.735. The van der Waals surface area contributed by atoms with Gasteiger partial charge in [0.1, 0.15) is 5.69 Å². The van der Waals surface area contributed by atoms with E-state index in [0.29, 0.717) is 35.3 Å². The molecule has 1 aromatic carbocycles. The molecule has 0 fully saturated rings. The second kappa shape index (κ2) is 8.57. The Morgan fingerprint density at radius 1 is 1.26 bits per heavy atom. The first kappa shape index (κ1) is 19.4. The second-order valence-corrected chi connectivity index (χ2v) is 7.30. The molecule has 0 bridgehead atoms. The Bertz CT molecular complexity index is 860. The van der Waals surface area contributed by atoms with Gasteiger partial charge in [-0.25, -0.2) is 4.98 Å². The van der Waals surface area contributed by atoms with Gasteiger partial charge in [-0.15, -0.1) is 0 Å². The molecule has 144 valence electrons. The summed E-state index contributed by atoms with van der Waals surface area (Å²) in [6.45, 7) is 5.28. The number of halogens is 1. The van der Waals surface area contributed by atoms with E-state index in [1.165, 1.54) is 0 Å². The molecule has 0 atom stereocenters. The van der Waals surface area contributed by atoms with Crippen molar-refractivity contribution in [3.63, 3.8) is 0 Å². The number of amides is 2. The molecule has 0 radical (unpaired) electrons. The van der Waals surface area contributed by atoms with Crippen LogP contribution in [0.4, 0.5) is 5.69 Å². The monoisotopic (exact) mass is 388 g/mol. The highest BCUT2D eigenvalue weighted by molar-refractivity contribution is 6.30. The van der Waals surface area contributed by atoms with Gasteiger partial charge in [-0.1, -0.05) is 24.9 Å². The lowest BCUT2D eigenvalue weighted by atomic mass is 10.1. The van der Waals surface area contributed by atoms with E-state index in [1.807, 2.05) is 11.5 Å². The van der Waals surface area contributed by atoms with Crippen LogP contribution in [0.5, 0.6) is 0 Å². The zero-order valence-electron chi connectivity index (χ0n) is 15.8. The maximum atomic E-state index is 12.9. The molecule has 3 rings (SSSR count). The largest absolute Gasteiger partial charge is 0.351 e. The molecule has 2 amide bonds. The maximum absolute atomic E-state index is 12.9. The minimum absolute atomic E-state index is 0.198. The summed E-state index contributed by atoms with van der Waals surface area (Å²) >= 11 is 5.98. The first-order valence-electron chi connectivity index (χ1n) is 9.46. The average molecular weight is 389 g/mol. The maximum Gasteiger partial charge on any atom is 0.291 e. The summed E-state index contributed by atoms with van der Waals surface area (Å²) in [6.07, 6.45) is 4.66. The van der Waals surface area contributed by atoms with Crippen molar-refractivity contribution in [1.29, 1.82) is 0 Å². The summed E-state index contributed by atoms with van der Waals surface area (Å²) in [4.78, 5) is 29.8. The number of imidazole rings is 1. The van der Waals surface area contributed by atoms with Crippen LogP contribution in [0.2, 0.25) is 5.02 Å². The van der Waals surface area contributed by atoms with Crippen molar-refractivity contribution in [1.82, 2.24) is 14.9 Å². The van der Waals surface area contributed by atoms with E-state index in [1.54, 1.807) is 18.2 Å². The molecule has 2 heterocycles. The Labute approximate surface area is 164 Å². The van der Waals surface area contributed by atoms with Gasteiger partial charge in [0.05, 0.1) is 5.69 Å². The number of rotatable bonds is 6. The number of carbonyl (C=O) groups is 2. The summed E-state index contributed by atoms with van der Waals surface area (Å²) in [7, 11) is 0. The second-order valence-electron chi connectivity index (χ2n) is 6.86. The number of hydrogen-bond acceptors (Lipinski definition) is 3. The Balaban J connectivity index is 1.86. The van der Waals surface area contributed by atoms with Crippen LogP contribution in [0.1, 0.15) is 65.0 Å². The van der Waals surface area contributed by atoms with E-state index >= 15 is 0 Å². The van der Waals surface area contributed by atoms with Crippen LogP contribution in [-0.4, -0.2) is 27.9 Å². The number of unbranched alkanes of at least 4 members (excludes halogenated alkanes) is 1. The standard InChI is InChI=1S/C20H25ClN4O2/c1-3-4-10-22-19(26)17-16-7-5-6-11-25(16)18(24-17)20(27)23-15-9-8-14(21)12-13(15)2/h8-9,12H,3-7,10-11H2,1-2H3,(H,22,26)(H,23,27). The van der Waals surface area contributed by atoms with Crippen LogP contribution in [0.3, 0.4) is 0 Å². The molecule has 2 N–H and O–H groups in total. The Morgan fingerprint density at radius 3 is 2.81 bits per heavy atom. The molecule has 0 saturated heterocycles. The van der Waals surface area contributed by atoms with Crippen molar-refractivity contribution < 1.29 is 9.59 Å².